The quantitative estimate of drug-likeness (QED) is 0.641. The van der Waals surface area contributed by atoms with Crippen molar-refractivity contribution < 1.29 is 9.84 Å². The van der Waals surface area contributed by atoms with Crippen LogP contribution in [0.3, 0.4) is 0 Å². The van der Waals surface area contributed by atoms with Crippen LogP contribution in [0.1, 0.15) is 11.1 Å². The smallest absolute Gasteiger partial charge is 0.161 e. The third kappa shape index (κ3) is 5.00. The molecule has 0 aliphatic carbocycles. The molecule has 0 aromatic heterocycles. The van der Waals surface area contributed by atoms with E-state index in [1.54, 1.807) is 19.2 Å². The molecule has 1 aliphatic heterocycles. The molecular formula is C23H26ClN3O2. The Kier molecular flexibility index (Phi) is 6.96. The Morgan fingerprint density at radius 2 is 1.76 bits per heavy atom. The summed E-state index contributed by atoms with van der Waals surface area (Å²) in [6.45, 7) is 4.74. The van der Waals surface area contributed by atoms with Crippen LogP contribution >= 0.6 is 12.4 Å². The molecule has 0 radical (unpaired) electrons. The third-order valence-electron chi connectivity index (χ3n) is 5.20. The maximum atomic E-state index is 9.68. The van der Waals surface area contributed by atoms with Gasteiger partial charge in [-0.2, -0.15) is 5.10 Å². The minimum atomic E-state index is 0. The summed E-state index contributed by atoms with van der Waals surface area (Å²) >= 11 is 0. The maximum absolute atomic E-state index is 9.68. The number of nitrogens with zero attached hydrogens (tertiary/aromatic N) is 3. The molecule has 0 saturated carbocycles. The summed E-state index contributed by atoms with van der Waals surface area (Å²) in [5.41, 5.74) is 2.29. The van der Waals surface area contributed by atoms with Crippen LogP contribution < -0.4 is 4.74 Å². The molecule has 6 heteroatoms. The van der Waals surface area contributed by atoms with E-state index in [0.29, 0.717) is 5.75 Å². The molecule has 1 fully saturated rings. The first-order chi connectivity index (χ1) is 13.7. The van der Waals surface area contributed by atoms with E-state index < -0.39 is 0 Å². The Labute approximate surface area is 177 Å². The molecule has 5 nitrogen and oxygen atoms in total. The van der Waals surface area contributed by atoms with Gasteiger partial charge in [-0.25, -0.2) is 0 Å². The summed E-state index contributed by atoms with van der Waals surface area (Å²) in [6.07, 6.45) is 1.82. The fraction of sp³-hybridized carbons (Fsp3) is 0.261. The van der Waals surface area contributed by atoms with Gasteiger partial charge in [0.2, 0.25) is 0 Å². The van der Waals surface area contributed by atoms with Crippen molar-refractivity contribution in [2.24, 2.45) is 5.10 Å². The predicted molar refractivity (Wildman–Crippen MR) is 120 cm³/mol. The Morgan fingerprint density at radius 1 is 1.00 bits per heavy atom. The number of halogens is 1. The molecule has 4 rings (SSSR count). The second-order valence-corrected chi connectivity index (χ2v) is 7.04. The number of hydrogen-bond donors (Lipinski definition) is 1. The predicted octanol–water partition coefficient (Wildman–Crippen LogP) is 4.13. The standard InChI is InChI=1S/C23H25N3O2.ClH/c1-28-23-15-18(9-10-22(23)27)16-24-26-13-11-25(12-14-26)17-20-7-4-6-19-5-2-3-8-21(19)20;/h2-10,15-16,27H,11-14,17H2,1H3;1H/b24-16+;. The van der Waals surface area contributed by atoms with Gasteiger partial charge in [0, 0.05) is 32.7 Å². The number of benzene rings is 3. The fourth-order valence-electron chi connectivity index (χ4n) is 3.61. The summed E-state index contributed by atoms with van der Waals surface area (Å²) in [7, 11) is 1.55. The Hall–Kier alpha value is -2.76. The van der Waals surface area contributed by atoms with E-state index in [-0.39, 0.29) is 18.2 Å². The second-order valence-electron chi connectivity index (χ2n) is 7.04. The molecule has 1 heterocycles. The average molecular weight is 412 g/mol. The first kappa shape index (κ1) is 21.0. The van der Waals surface area contributed by atoms with Gasteiger partial charge in [-0.15, -0.1) is 12.4 Å². The van der Waals surface area contributed by atoms with E-state index in [1.165, 1.54) is 16.3 Å². The van der Waals surface area contributed by atoms with Crippen LogP contribution in [0.5, 0.6) is 11.5 Å². The highest BCUT2D eigenvalue weighted by molar-refractivity contribution is 5.86. The second kappa shape index (κ2) is 9.63. The SMILES string of the molecule is COc1cc(/C=N/N2CCN(Cc3cccc4ccccc34)CC2)ccc1O.Cl. The van der Waals surface area contributed by atoms with Crippen molar-refractivity contribution in [1.29, 1.82) is 0 Å². The zero-order valence-electron chi connectivity index (χ0n) is 16.5. The molecule has 3 aromatic carbocycles. The molecule has 152 valence electrons. The molecule has 0 atom stereocenters. The van der Waals surface area contributed by atoms with Crippen LogP contribution in [0, 0.1) is 0 Å². The number of ether oxygens (including phenoxy) is 1. The van der Waals surface area contributed by atoms with Crippen molar-refractivity contribution in [2.45, 2.75) is 6.54 Å². The van der Waals surface area contributed by atoms with Crippen molar-refractivity contribution in [1.82, 2.24) is 9.91 Å². The monoisotopic (exact) mass is 411 g/mol. The van der Waals surface area contributed by atoms with Gasteiger partial charge in [-0.05, 0) is 40.1 Å². The van der Waals surface area contributed by atoms with Gasteiger partial charge in [0.15, 0.2) is 11.5 Å². The molecular weight excluding hydrogens is 386 g/mol. The Bertz CT molecular complexity index is 980. The topological polar surface area (TPSA) is 48.3 Å². The van der Waals surface area contributed by atoms with Gasteiger partial charge >= 0.3 is 0 Å². The minimum Gasteiger partial charge on any atom is -0.504 e. The van der Waals surface area contributed by atoms with Gasteiger partial charge in [0.25, 0.3) is 0 Å². The zero-order chi connectivity index (χ0) is 19.3. The van der Waals surface area contributed by atoms with E-state index in [0.717, 1.165) is 38.3 Å². The number of fused-ring (bicyclic) bond motifs is 1. The number of piperazine rings is 1. The van der Waals surface area contributed by atoms with Crippen LogP contribution in [-0.4, -0.2) is 54.5 Å². The first-order valence-corrected chi connectivity index (χ1v) is 9.58. The molecule has 0 spiro atoms. The maximum Gasteiger partial charge on any atom is 0.161 e. The lowest BCUT2D eigenvalue weighted by Gasteiger charge is -2.33. The van der Waals surface area contributed by atoms with Crippen LogP contribution in [-0.2, 0) is 6.54 Å². The lowest BCUT2D eigenvalue weighted by molar-refractivity contribution is 0.131. The molecule has 0 unspecified atom stereocenters. The molecule has 1 N–H and O–H groups in total. The van der Waals surface area contributed by atoms with E-state index >= 15 is 0 Å². The van der Waals surface area contributed by atoms with Crippen molar-refractivity contribution in [2.75, 3.05) is 33.3 Å². The van der Waals surface area contributed by atoms with Gasteiger partial charge in [0.1, 0.15) is 0 Å². The highest BCUT2D eigenvalue weighted by atomic mass is 35.5. The van der Waals surface area contributed by atoms with Gasteiger partial charge in [0.05, 0.1) is 13.3 Å². The van der Waals surface area contributed by atoms with Crippen LogP contribution in [0.15, 0.2) is 65.8 Å². The van der Waals surface area contributed by atoms with Gasteiger partial charge < -0.3 is 9.84 Å². The number of hydrogen-bond acceptors (Lipinski definition) is 5. The third-order valence-corrected chi connectivity index (χ3v) is 5.20. The number of hydrazone groups is 1. The number of phenolic OH excluding ortho intramolecular Hbond substituents is 1. The van der Waals surface area contributed by atoms with Crippen molar-refractivity contribution in [3.63, 3.8) is 0 Å². The van der Waals surface area contributed by atoms with Crippen LogP contribution in [0.25, 0.3) is 10.8 Å². The summed E-state index contributed by atoms with van der Waals surface area (Å²) in [4.78, 5) is 2.48. The number of phenols is 1. The largest absolute Gasteiger partial charge is 0.504 e. The summed E-state index contributed by atoms with van der Waals surface area (Å²) in [5.74, 6) is 0.602. The van der Waals surface area contributed by atoms with Crippen molar-refractivity contribution >= 4 is 29.4 Å². The molecule has 29 heavy (non-hydrogen) atoms. The summed E-state index contributed by atoms with van der Waals surface area (Å²) in [6, 6.07) is 20.4. The average Bonchev–Trinajstić information content (AvgIpc) is 2.74. The molecule has 3 aromatic rings. The number of aromatic hydroxyl groups is 1. The van der Waals surface area contributed by atoms with Crippen LogP contribution in [0.4, 0.5) is 0 Å². The lowest BCUT2D eigenvalue weighted by atomic mass is 10.0. The summed E-state index contributed by atoms with van der Waals surface area (Å²) in [5, 5.41) is 19.0. The van der Waals surface area contributed by atoms with Crippen molar-refractivity contribution in [3.8, 4) is 11.5 Å². The van der Waals surface area contributed by atoms with Crippen molar-refractivity contribution in [3.05, 3.63) is 71.8 Å². The first-order valence-electron chi connectivity index (χ1n) is 9.58. The van der Waals surface area contributed by atoms with E-state index in [1.807, 2.05) is 12.3 Å². The summed E-state index contributed by atoms with van der Waals surface area (Å²) < 4.78 is 5.15. The number of rotatable bonds is 5. The minimum absolute atomic E-state index is 0. The lowest BCUT2D eigenvalue weighted by Crippen LogP contribution is -2.43. The van der Waals surface area contributed by atoms with E-state index in [4.69, 9.17) is 4.74 Å². The highest BCUT2D eigenvalue weighted by Gasteiger charge is 2.16. The van der Waals surface area contributed by atoms with Crippen LogP contribution in [0.2, 0.25) is 0 Å². The molecule has 1 saturated heterocycles. The fourth-order valence-corrected chi connectivity index (χ4v) is 3.61. The van der Waals surface area contributed by atoms with E-state index in [9.17, 15) is 5.11 Å². The Balaban J connectivity index is 0.00000240. The highest BCUT2D eigenvalue weighted by Crippen LogP contribution is 2.25. The Morgan fingerprint density at radius 3 is 2.55 bits per heavy atom. The molecule has 0 bridgehead atoms. The van der Waals surface area contributed by atoms with Gasteiger partial charge in [-0.1, -0.05) is 42.5 Å². The van der Waals surface area contributed by atoms with Gasteiger partial charge in [-0.3, -0.25) is 9.91 Å². The number of methoxy groups -OCH3 is 1. The van der Waals surface area contributed by atoms with E-state index in [2.05, 4.69) is 57.5 Å². The molecule has 1 aliphatic rings. The normalized spacial score (nSPS) is 14.9. The molecule has 0 amide bonds. The zero-order valence-corrected chi connectivity index (χ0v) is 17.3.